The Labute approximate surface area is 85.4 Å². The third kappa shape index (κ3) is 6.62. The van der Waals surface area contributed by atoms with Gasteiger partial charge in [-0.25, -0.2) is 5.06 Å². The normalized spacial score (nSPS) is 10.8. The third-order valence-electron chi connectivity index (χ3n) is 1.69. The maximum atomic E-state index is 11.1. The number of amides is 1. The van der Waals surface area contributed by atoms with Crippen molar-refractivity contribution in [1.29, 1.82) is 0 Å². The summed E-state index contributed by atoms with van der Waals surface area (Å²) in [5, 5.41) is 1.15. The Morgan fingerprint density at radius 3 is 2.71 bits per heavy atom. The first-order valence-electron chi connectivity index (χ1n) is 4.75. The van der Waals surface area contributed by atoms with Gasteiger partial charge in [0.2, 0.25) is 0 Å². The second kappa shape index (κ2) is 8.72. The van der Waals surface area contributed by atoms with Gasteiger partial charge in [-0.15, -0.1) is 0 Å². The molecule has 0 unspecified atom stereocenters. The van der Waals surface area contributed by atoms with E-state index in [1.807, 2.05) is 12.2 Å². The van der Waals surface area contributed by atoms with Gasteiger partial charge in [0, 0.05) is 7.05 Å². The topological polar surface area (TPSA) is 38.8 Å². The summed E-state index contributed by atoms with van der Waals surface area (Å²) in [6.07, 6.45) is 6.14. The molecule has 0 aromatic rings. The number of unbranched alkanes of at least 4 members (excludes halogenated alkanes) is 1. The molecule has 0 spiro atoms. The van der Waals surface area contributed by atoms with E-state index < -0.39 is 0 Å². The van der Waals surface area contributed by atoms with Gasteiger partial charge in [0.15, 0.2) is 0 Å². The van der Waals surface area contributed by atoms with Crippen LogP contribution in [0.4, 0.5) is 0 Å². The van der Waals surface area contributed by atoms with Gasteiger partial charge in [-0.1, -0.05) is 25.5 Å². The van der Waals surface area contributed by atoms with E-state index >= 15 is 0 Å². The largest absolute Gasteiger partial charge is 0.367 e. The molecule has 0 aromatic carbocycles. The zero-order valence-corrected chi connectivity index (χ0v) is 9.16. The predicted octanol–water partition coefficient (Wildman–Crippen LogP) is 1.38. The van der Waals surface area contributed by atoms with E-state index in [0.717, 1.165) is 17.9 Å². The zero-order chi connectivity index (χ0) is 10.8. The molecule has 14 heavy (non-hydrogen) atoms. The van der Waals surface area contributed by atoms with Crippen LogP contribution < -0.4 is 0 Å². The molecule has 0 saturated heterocycles. The van der Waals surface area contributed by atoms with Crippen molar-refractivity contribution in [2.24, 2.45) is 0 Å². The van der Waals surface area contributed by atoms with Gasteiger partial charge in [0.1, 0.15) is 6.61 Å². The standard InChI is InChI=1S/C10H19NO3/c1-4-5-6-7-8-14-9-10(12)11(2)13-3/h6-7H,4-5,8-9H2,1-3H3/b7-6+. The van der Waals surface area contributed by atoms with E-state index in [1.165, 1.54) is 7.11 Å². The average Bonchev–Trinajstić information content (AvgIpc) is 2.21. The lowest BCUT2D eigenvalue weighted by Gasteiger charge is -2.12. The van der Waals surface area contributed by atoms with Gasteiger partial charge in [-0.3, -0.25) is 9.63 Å². The van der Waals surface area contributed by atoms with Crippen molar-refractivity contribution in [2.45, 2.75) is 19.8 Å². The first-order valence-corrected chi connectivity index (χ1v) is 4.75. The van der Waals surface area contributed by atoms with Gasteiger partial charge < -0.3 is 4.74 Å². The van der Waals surface area contributed by atoms with Gasteiger partial charge in [0.25, 0.3) is 5.91 Å². The Kier molecular flexibility index (Phi) is 8.17. The van der Waals surface area contributed by atoms with Crippen LogP contribution in [0.1, 0.15) is 19.8 Å². The van der Waals surface area contributed by atoms with Gasteiger partial charge >= 0.3 is 0 Å². The Morgan fingerprint density at radius 2 is 2.14 bits per heavy atom. The summed E-state index contributed by atoms with van der Waals surface area (Å²) in [5.74, 6) is -0.184. The van der Waals surface area contributed by atoms with Crippen LogP contribution in [-0.2, 0) is 14.4 Å². The minimum Gasteiger partial charge on any atom is -0.367 e. The first kappa shape index (κ1) is 13.1. The Hall–Kier alpha value is -0.870. The highest BCUT2D eigenvalue weighted by Gasteiger charge is 2.06. The molecule has 0 saturated carbocycles. The zero-order valence-electron chi connectivity index (χ0n) is 9.16. The van der Waals surface area contributed by atoms with E-state index in [-0.39, 0.29) is 12.5 Å². The lowest BCUT2D eigenvalue weighted by Crippen LogP contribution is -2.29. The van der Waals surface area contributed by atoms with E-state index in [2.05, 4.69) is 6.92 Å². The molecule has 1 amide bonds. The number of hydroxylamine groups is 2. The molecule has 0 fully saturated rings. The van der Waals surface area contributed by atoms with Crippen molar-refractivity contribution in [3.8, 4) is 0 Å². The molecular formula is C10H19NO3. The van der Waals surface area contributed by atoms with Crippen LogP contribution in [0, 0.1) is 0 Å². The van der Waals surface area contributed by atoms with E-state index in [0.29, 0.717) is 6.61 Å². The summed E-state index contributed by atoms with van der Waals surface area (Å²) < 4.78 is 5.11. The number of carbonyl (C=O) groups is 1. The number of likely N-dealkylation sites (N-methyl/N-ethyl adjacent to an activating group) is 1. The molecule has 0 heterocycles. The maximum absolute atomic E-state index is 11.1. The number of allylic oxidation sites excluding steroid dienone is 1. The number of hydrogen-bond donors (Lipinski definition) is 0. The lowest BCUT2D eigenvalue weighted by molar-refractivity contribution is -0.173. The second-order valence-corrected chi connectivity index (χ2v) is 2.85. The summed E-state index contributed by atoms with van der Waals surface area (Å²) in [6, 6.07) is 0. The van der Waals surface area contributed by atoms with E-state index in [1.54, 1.807) is 7.05 Å². The Morgan fingerprint density at radius 1 is 1.43 bits per heavy atom. The molecular weight excluding hydrogens is 182 g/mol. The maximum Gasteiger partial charge on any atom is 0.271 e. The monoisotopic (exact) mass is 201 g/mol. The van der Waals surface area contributed by atoms with Crippen LogP contribution >= 0.6 is 0 Å². The summed E-state index contributed by atoms with van der Waals surface area (Å²) in [4.78, 5) is 15.8. The fourth-order valence-corrected chi connectivity index (χ4v) is 0.760. The molecule has 0 radical (unpaired) electrons. The van der Waals surface area contributed by atoms with Gasteiger partial charge in [0.05, 0.1) is 13.7 Å². The molecule has 0 aliphatic heterocycles. The van der Waals surface area contributed by atoms with Crippen molar-refractivity contribution in [3.05, 3.63) is 12.2 Å². The minimum atomic E-state index is -0.184. The smallest absolute Gasteiger partial charge is 0.271 e. The molecule has 0 aliphatic carbocycles. The van der Waals surface area contributed by atoms with Crippen molar-refractivity contribution >= 4 is 5.91 Å². The molecule has 82 valence electrons. The first-order chi connectivity index (χ1) is 6.72. The minimum absolute atomic E-state index is 0.0564. The van der Waals surface area contributed by atoms with E-state index in [4.69, 9.17) is 9.57 Å². The van der Waals surface area contributed by atoms with Crippen molar-refractivity contribution < 1.29 is 14.4 Å². The number of carbonyl (C=O) groups excluding carboxylic acids is 1. The van der Waals surface area contributed by atoms with Crippen LogP contribution in [0.15, 0.2) is 12.2 Å². The summed E-state index contributed by atoms with van der Waals surface area (Å²) >= 11 is 0. The van der Waals surface area contributed by atoms with Crippen LogP contribution in [0.2, 0.25) is 0 Å². The molecule has 0 aromatic heterocycles. The fraction of sp³-hybridized carbons (Fsp3) is 0.700. The molecule has 0 bridgehead atoms. The van der Waals surface area contributed by atoms with Crippen molar-refractivity contribution in [3.63, 3.8) is 0 Å². The number of ether oxygens (including phenoxy) is 1. The molecule has 0 atom stereocenters. The highest BCUT2D eigenvalue weighted by Crippen LogP contribution is 1.90. The van der Waals surface area contributed by atoms with Crippen molar-refractivity contribution in [2.75, 3.05) is 27.4 Å². The van der Waals surface area contributed by atoms with Gasteiger partial charge in [-0.2, -0.15) is 0 Å². The van der Waals surface area contributed by atoms with E-state index in [9.17, 15) is 4.79 Å². The molecule has 4 nitrogen and oxygen atoms in total. The summed E-state index contributed by atoms with van der Waals surface area (Å²) in [6.45, 7) is 2.65. The SMILES string of the molecule is CCC/C=C/COCC(=O)N(C)OC. The number of nitrogens with zero attached hydrogens (tertiary/aromatic N) is 1. The Bertz CT molecular complexity index is 180. The predicted molar refractivity (Wildman–Crippen MR) is 54.6 cm³/mol. The lowest BCUT2D eigenvalue weighted by atomic mass is 10.3. The highest BCUT2D eigenvalue weighted by atomic mass is 16.7. The molecule has 0 N–H and O–H groups in total. The third-order valence-corrected chi connectivity index (χ3v) is 1.69. The van der Waals surface area contributed by atoms with Crippen LogP contribution in [-0.4, -0.2) is 38.3 Å². The van der Waals surface area contributed by atoms with Gasteiger partial charge in [-0.05, 0) is 6.42 Å². The van der Waals surface area contributed by atoms with Crippen LogP contribution in [0.25, 0.3) is 0 Å². The fourth-order valence-electron chi connectivity index (χ4n) is 0.760. The highest BCUT2D eigenvalue weighted by molar-refractivity contribution is 5.76. The quantitative estimate of drug-likeness (QED) is 0.355. The van der Waals surface area contributed by atoms with Crippen LogP contribution in [0.3, 0.4) is 0 Å². The number of hydrogen-bond acceptors (Lipinski definition) is 3. The second-order valence-electron chi connectivity index (χ2n) is 2.85. The molecule has 4 heteroatoms. The molecule has 0 rings (SSSR count). The van der Waals surface area contributed by atoms with Crippen LogP contribution in [0.5, 0.6) is 0 Å². The summed E-state index contributed by atoms with van der Waals surface area (Å²) in [5.41, 5.74) is 0. The molecule has 0 aliphatic rings. The Balaban J connectivity index is 3.40. The van der Waals surface area contributed by atoms with Crippen molar-refractivity contribution in [1.82, 2.24) is 5.06 Å². The average molecular weight is 201 g/mol. The summed E-state index contributed by atoms with van der Waals surface area (Å²) in [7, 11) is 3.00. The number of rotatable bonds is 7.